The van der Waals surface area contributed by atoms with Crippen LogP contribution >= 0.6 is 15.9 Å². The first-order chi connectivity index (χ1) is 18.0. The van der Waals surface area contributed by atoms with Crippen molar-refractivity contribution in [1.82, 2.24) is 9.66 Å². The van der Waals surface area contributed by atoms with Crippen LogP contribution in [0.4, 0.5) is 5.69 Å². The number of ether oxygens (including phenoxy) is 1. The van der Waals surface area contributed by atoms with E-state index >= 15 is 0 Å². The van der Waals surface area contributed by atoms with Crippen molar-refractivity contribution in [3.8, 4) is 5.75 Å². The molecule has 188 valence electrons. The topological polar surface area (TPSA) is 99.6 Å². The maximum atomic E-state index is 13.6. The van der Waals surface area contributed by atoms with E-state index in [2.05, 4.69) is 21.0 Å². The van der Waals surface area contributed by atoms with Crippen molar-refractivity contribution in [1.29, 1.82) is 0 Å². The van der Waals surface area contributed by atoms with E-state index in [0.717, 1.165) is 35.7 Å². The lowest BCUT2D eigenvalue weighted by molar-refractivity contribution is -0.384. The lowest BCUT2D eigenvalue weighted by Crippen LogP contribution is -2.25. The molecule has 0 aliphatic heterocycles. The summed E-state index contributed by atoms with van der Waals surface area (Å²) in [5.41, 5.74) is 1.63. The van der Waals surface area contributed by atoms with Crippen molar-refractivity contribution >= 4 is 38.7 Å². The zero-order valence-corrected chi connectivity index (χ0v) is 21.6. The van der Waals surface area contributed by atoms with Crippen LogP contribution in [-0.4, -0.2) is 20.8 Å². The fraction of sp³-hybridized carbons (Fsp3) is 0.250. The van der Waals surface area contributed by atoms with E-state index in [1.807, 2.05) is 42.5 Å². The fourth-order valence-corrected chi connectivity index (χ4v) is 5.00. The maximum absolute atomic E-state index is 13.6. The Morgan fingerprint density at radius 2 is 1.86 bits per heavy atom. The molecule has 9 heteroatoms. The molecular weight excluding hydrogens is 536 g/mol. The summed E-state index contributed by atoms with van der Waals surface area (Å²) < 4.78 is 8.11. The molecule has 1 aromatic heterocycles. The zero-order chi connectivity index (χ0) is 25.8. The molecule has 0 amide bonds. The molecule has 0 bridgehead atoms. The quantitative estimate of drug-likeness (QED) is 0.144. The van der Waals surface area contributed by atoms with Gasteiger partial charge < -0.3 is 4.74 Å². The van der Waals surface area contributed by atoms with E-state index < -0.39 is 4.92 Å². The number of hydrogen-bond donors (Lipinski definition) is 0. The van der Waals surface area contributed by atoms with Crippen LogP contribution in [0.3, 0.4) is 0 Å². The van der Waals surface area contributed by atoms with Crippen molar-refractivity contribution in [2.45, 2.75) is 44.6 Å². The molecule has 0 spiro atoms. The Morgan fingerprint density at radius 3 is 2.62 bits per heavy atom. The number of fused-ring (bicyclic) bond motifs is 1. The highest BCUT2D eigenvalue weighted by Gasteiger charge is 2.23. The monoisotopic (exact) mass is 560 g/mol. The van der Waals surface area contributed by atoms with Crippen LogP contribution < -0.4 is 10.3 Å². The summed E-state index contributed by atoms with van der Waals surface area (Å²) >= 11 is 3.43. The maximum Gasteiger partial charge on any atom is 0.282 e. The highest BCUT2D eigenvalue weighted by molar-refractivity contribution is 9.10. The van der Waals surface area contributed by atoms with Crippen LogP contribution in [0.15, 0.2) is 81.1 Å². The fourth-order valence-electron chi connectivity index (χ4n) is 4.64. The molecule has 0 unspecified atom stereocenters. The normalized spacial score (nSPS) is 14.3. The van der Waals surface area contributed by atoms with Crippen LogP contribution in [0, 0.1) is 10.1 Å². The standard InChI is InChI=1S/C28H25BrN4O4/c29-22-11-13-25-24(16-22)28(34)32(27(31-25)20-9-5-2-6-10-20)30-17-21-15-23(33(35)36)12-14-26(21)37-18-19-7-3-1-4-8-19/h1,3-4,7-8,11-17,20H,2,5-6,9-10,18H2. The Balaban J connectivity index is 1.58. The number of nitrogens with zero attached hydrogens (tertiary/aromatic N) is 4. The van der Waals surface area contributed by atoms with E-state index in [1.54, 1.807) is 12.1 Å². The van der Waals surface area contributed by atoms with Gasteiger partial charge >= 0.3 is 0 Å². The molecule has 1 fully saturated rings. The first-order valence-electron chi connectivity index (χ1n) is 12.2. The molecule has 0 N–H and O–H groups in total. The third kappa shape index (κ3) is 5.61. The largest absolute Gasteiger partial charge is 0.488 e. The highest BCUT2D eigenvalue weighted by Crippen LogP contribution is 2.32. The Morgan fingerprint density at radius 1 is 1.08 bits per heavy atom. The lowest BCUT2D eigenvalue weighted by atomic mass is 9.88. The van der Waals surface area contributed by atoms with Gasteiger partial charge in [0, 0.05) is 28.1 Å². The van der Waals surface area contributed by atoms with Crippen molar-refractivity contribution in [3.63, 3.8) is 0 Å². The van der Waals surface area contributed by atoms with Gasteiger partial charge in [0.05, 0.1) is 22.0 Å². The van der Waals surface area contributed by atoms with Crippen LogP contribution in [0.25, 0.3) is 10.9 Å². The molecule has 0 saturated heterocycles. The number of nitro benzene ring substituents is 1. The van der Waals surface area contributed by atoms with Crippen LogP contribution in [0.2, 0.25) is 0 Å². The zero-order valence-electron chi connectivity index (χ0n) is 20.0. The smallest absolute Gasteiger partial charge is 0.282 e. The van der Waals surface area contributed by atoms with Gasteiger partial charge in [0.2, 0.25) is 0 Å². The van der Waals surface area contributed by atoms with Gasteiger partial charge in [0.15, 0.2) is 0 Å². The van der Waals surface area contributed by atoms with Gasteiger partial charge in [0.25, 0.3) is 11.2 Å². The number of rotatable bonds is 7. The minimum absolute atomic E-state index is 0.0890. The second-order valence-electron chi connectivity index (χ2n) is 9.08. The lowest BCUT2D eigenvalue weighted by Gasteiger charge is -2.22. The molecule has 1 saturated carbocycles. The van der Waals surface area contributed by atoms with E-state index in [9.17, 15) is 14.9 Å². The molecule has 0 radical (unpaired) electrons. The first kappa shape index (κ1) is 24.8. The van der Waals surface area contributed by atoms with Gasteiger partial charge in [-0.05, 0) is 42.7 Å². The van der Waals surface area contributed by atoms with E-state index in [-0.39, 0.29) is 17.2 Å². The molecule has 1 aliphatic rings. The molecule has 1 aliphatic carbocycles. The van der Waals surface area contributed by atoms with Crippen LogP contribution in [0.1, 0.15) is 55.0 Å². The molecule has 0 atom stereocenters. The molecule has 37 heavy (non-hydrogen) atoms. The minimum atomic E-state index is -0.465. The summed E-state index contributed by atoms with van der Waals surface area (Å²) in [6.07, 6.45) is 6.64. The number of benzene rings is 3. The molecule has 3 aromatic carbocycles. The average molecular weight is 561 g/mol. The molecule has 5 rings (SSSR count). The first-order valence-corrected chi connectivity index (χ1v) is 13.0. The summed E-state index contributed by atoms with van der Waals surface area (Å²) in [5.74, 6) is 1.17. The number of non-ortho nitro benzene ring substituents is 1. The van der Waals surface area contributed by atoms with Gasteiger partial charge in [-0.2, -0.15) is 9.78 Å². The minimum Gasteiger partial charge on any atom is -0.488 e. The molecule has 8 nitrogen and oxygen atoms in total. The third-order valence-electron chi connectivity index (χ3n) is 6.56. The summed E-state index contributed by atoms with van der Waals surface area (Å²) in [5, 5.41) is 16.5. The second kappa shape index (κ2) is 11.0. The van der Waals surface area contributed by atoms with E-state index in [0.29, 0.717) is 34.6 Å². The summed E-state index contributed by atoms with van der Waals surface area (Å²) in [7, 11) is 0. The second-order valence-corrected chi connectivity index (χ2v) is 10.00. The summed E-state index contributed by atoms with van der Waals surface area (Å²) in [4.78, 5) is 29.4. The SMILES string of the molecule is O=c1c2cc(Br)ccc2nc(C2CCCCC2)n1N=Cc1cc([N+](=O)[O-])ccc1OCc1ccccc1. The number of nitro groups is 1. The van der Waals surface area contributed by atoms with Gasteiger partial charge in [-0.15, -0.1) is 0 Å². The van der Waals surface area contributed by atoms with Crippen molar-refractivity contribution < 1.29 is 9.66 Å². The Bertz CT molecular complexity index is 1530. The van der Waals surface area contributed by atoms with Gasteiger partial charge in [0.1, 0.15) is 18.2 Å². The van der Waals surface area contributed by atoms with Crippen LogP contribution in [-0.2, 0) is 6.61 Å². The number of halogens is 1. The number of aromatic nitrogens is 2. The third-order valence-corrected chi connectivity index (χ3v) is 7.05. The molecular formula is C28H25BrN4O4. The van der Waals surface area contributed by atoms with E-state index in [4.69, 9.17) is 9.72 Å². The molecule has 1 heterocycles. The Hall–Kier alpha value is -3.85. The van der Waals surface area contributed by atoms with Gasteiger partial charge in [-0.1, -0.05) is 65.5 Å². The van der Waals surface area contributed by atoms with Crippen molar-refractivity contribution in [2.75, 3.05) is 0 Å². The predicted molar refractivity (Wildman–Crippen MR) is 146 cm³/mol. The van der Waals surface area contributed by atoms with Gasteiger partial charge in [-0.25, -0.2) is 4.98 Å². The summed E-state index contributed by atoms with van der Waals surface area (Å²) in [6, 6.07) is 19.4. The van der Waals surface area contributed by atoms with Gasteiger partial charge in [-0.3, -0.25) is 14.9 Å². The summed E-state index contributed by atoms with van der Waals surface area (Å²) in [6.45, 7) is 0.290. The van der Waals surface area contributed by atoms with Crippen LogP contribution in [0.5, 0.6) is 5.75 Å². The van der Waals surface area contributed by atoms with Crippen molar-refractivity contribution in [3.05, 3.63) is 109 Å². The molecule has 4 aromatic rings. The van der Waals surface area contributed by atoms with Crippen molar-refractivity contribution in [2.24, 2.45) is 5.10 Å². The van der Waals surface area contributed by atoms with E-state index in [1.165, 1.54) is 29.4 Å². The Labute approximate surface area is 221 Å². The number of hydrogen-bond acceptors (Lipinski definition) is 6. The average Bonchev–Trinajstić information content (AvgIpc) is 2.93. The predicted octanol–water partition coefficient (Wildman–Crippen LogP) is 6.58. The highest BCUT2D eigenvalue weighted by atomic mass is 79.9. The Kier molecular flexibility index (Phi) is 7.41.